The van der Waals surface area contributed by atoms with E-state index in [-0.39, 0.29) is 32.0 Å². The van der Waals surface area contributed by atoms with Crippen molar-refractivity contribution in [3.8, 4) is 0 Å². The molecule has 2 rings (SSSR count). The summed E-state index contributed by atoms with van der Waals surface area (Å²) >= 11 is 6.88. The largest absolute Gasteiger partial charge is 0.398 e. The van der Waals surface area contributed by atoms with Gasteiger partial charge in [-0.05, 0) is 18.2 Å². The van der Waals surface area contributed by atoms with Crippen molar-refractivity contribution in [3.63, 3.8) is 0 Å². The van der Waals surface area contributed by atoms with Gasteiger partial charge < -0.3 is 15.9 Å². The molecule has 0 unspecified atom stereocenters. The number of Topliss-reactive ketones (excluding diaryl/α,β-unsaturated/α-hetero) is 1. The highest BCUT2D eigenvalue weighted by molar-refractivity contribution is 7.89. The Morgan fingerprint density at radius 1 is 1.41 bits per heavy atom. The van der Waals surface area contributed by atoms with E-state index in [1.54, 1.807) is 0 Å². The molecule has 2 aromatic rings. The number of nitrogens with one attached hydrogen (secondary N) is 1. The zero-order chi connectivity index (χ0) is 20.2. The summed E-state index contributed by atoms with van der Waals surface area (Å²) in [4.78, 5) is 32.7. The first-order chi connectivity index (χ1) is 12.6. The summed E-state index contributed by atoms with van der Waals surface area (Å²) in [5.41, 5.74) is 5.55. The Kier molecular flexibility index (Phi) is 6.49. The van der Waals surface area contributed by atoms with Gasteiger partial charge in [-0.15, -0.1) is 11.3 Å². The van der Waals surface area contributed by atoms with Gasteiger partial charge in [0.2, 0.25) is 10.0 Å². The molecule has 0 bridgehead atoms. The second kappa shape index (κ2) is 8.43. The highest BCUT2D eigenvalue weighted by Crippen LogP contribution is 2.21. The molecule has 10 nitrogen and oxygen atoms in total. The number of anilines is 1. The fourth-order valence-electron chi connectivity index (χ4n) is 1.93. The number of hydrogen-bond acceptors (Lipinski definition) is 9. The summed E-state index contributed by atoms with van der Waals surface area (Å²) in [6.07, 6.45) is 0. The summed E-state index contributed by atoms with van der Waals surface area (Å²) < 4.78 is 23.0. The molecule has 0 saturated carbocycles. The van der Waals surface area contributed by atoms with Gasteiger partial charge >= 0.3 is 0 Å². The molecule has 1 aromatic carbocycles. The van der Waals surface area contributed by atoms with Crippen molar-refractivity contribution in [2.45, 2.75) is 4.90 Å². The molecule has 144 valence electrons. The van der Waals surface area contributed by atoms with Crippen LogP contribution in [0, 0.1) is 0 Å². The molecule has 5 N–H and O–H groups in total. The van der Waals surface area contributed by atoms with E-state index in [0.717, 1.165) is 17.4 Å². The summed E-state index contributed by atoms with van der Waals surface area (Å²) in [7, 11) is -2.85. The predicted molar refractivity (Wildman–Crippen MR) is 100 cm³/mol. The summed E-state index contributed by atoms with van der Waals surface area (Å²) in [5, 5.41) is 12.6. The highest BCUT2D eigenvalue weighted by Gasteiger charge is 2.20. The van der Waals surface area contributed by atoms with E-state index >= 15 is 0 Å². The molecule has 13 heteroatoms. The third-order valence-corrected chi connectivity index (χ3v) is 5.20. The number of carbonyl (C=O) groups excluding carboxylic acids is 2. The number of nitrogens with two attached hydrogens (primary N) is 2. The first-order valence-electron chi connectivity index (χ1n) is 7.09. The summed E-state index contributed by atoms with van der Waals surface area (Å²) in [5.74, 6) is -1.30. The number of nitrogen functional groups attached to an aromatic ring is 1. The molecule has 27 heavy (non-hydrogen) atoms. The van der Waals surface area contributed by atoms with Crippen LogP contribution in [0.25, 0.3) is 0 Å². The van der Waals surface area contributed by atoms with Crippen molar-refractivity contribution in [3.05, 3.63) is 39.9 Å². The van der Waals surface area contributed by atoms with E-state index in [0.29, 0.717) is 0 Å². The zero-order valence-electron chi connectivity index (χ0n) is 13.8. The standard InChI is InChI=1S/C14H14ClN5O5S2/c1-25-20-12(9-6-26-14(16)19-9)13(22)18-5-10(21)7-2-3-8(15)11(4-7)27(17,23)24/h2-4,6H,5H2,1H3,(H2,16,19)(H,18,22)(H2,17,23,24). The lowest BCUT2D eigenvalue weighted by molar-refractivity contribution is -0.114. The number of oxime groups is 1. The molecule has 1 heterocycles. The molecule has 0 aliphatic carbocycles. The van der Waals surface area contributed by atoms with E-state index in [1.165, 1.54) is 24.6 Å². The molecule has 1 aromatic heterocycles. The number of benzene rings is 1. The topological polar surface area (TPSA) is 167 Å². The van der Waals surface area contributed by atoms with Crippen molar-refractivity contribution in [2.75, 3.05) is 19.4 Å². The molecule has 0 fully saturated rings. The van der Waals surface area contributed by atoms with Crippen LogP contribution in [-0.4, -0.2) is 44.5 Å². The van der Waals surface area contributed by atoms with Gasteiger partial charge in [-0.2, -0.15) is 0 Å². The van der Waals surface area contributed by atoms with Crippen LogP contribution in [0.5, 0.6) is 0 Å². The third kappa shape index (κ3) is 5.23. The fourth-order valence-corrected chi connectivity index (χ4v) is 3.55. The number of ketones is 1. The predicted octanol–water partition coefficient (Wildman–Crippen LogP) is 0.376. The number of halogens is 1. The van der Waals surface area contributed by atoms with Crippen LogP contribution in [0.4, 0.5) is 5.13 Å². The smallest absolute Gasteiger partial charge is 0.276 e. The van der Waals surface area contributed by atoms with Gasteiger partial charge in [0.25, 0.3) is 5.91 Å². The molecule has 1 amide bonds. The second-order valence-electron chi connectivity index (χ2n) is 4.99. The van der Waals surface area contributed by atoms with E-state index in [1.807, 2.05) is 0 Å². The van der Waals surface area contributed by atoms with Crippen molar-refractivity contribution >= 4 is 55.5 Å². The Hall–Kier alpha value is -2.54. The molecular formula is C14H14ClN5O5S2. The molecule has 0 saturated heterocycles. The number of sulfonamides is 1. The molecule has 0 spiro atoms. The van der Waals surface area contributed by atoms with Crippen LogP contribution in [0.1, 0.15) is 16.1 Å². The molecule has 0 aliphatic rings. The van der Waals surface area contributed by atoms with Gasteiger partial charge in [0.05, 0.1) is 11.6 Å². The minimum absolute atomic E-state index is 0.00635. The average Bonchev–Trinajstić information content (AvgIpc) is 3.02. The van der Waals surface area contributed by atoms with Gasteiger partial charge in [-0.1, -0.05) is 16.8 Å². The number of amides is 1. The highest BCUT2D eigenvalue weighted by atomic mass is 35.5. The molecular weight excluding hydrogens is 418 g/mol. The van der Waals surface area contributed by atoms with Crippen LogP contribution >= 0.6 is 22.9 Å². The number of carbonyl (C=O) groups is 2. The quantitative estimate of drug-likeness (QED) is 0.323. The lowest BCUT2D eigenvalue weighted by Gasteiger charge is -2.07. The maximum atomic E-state index is 12.3. The molecule has 0 atom stereocenters. The van der Waals surface area contributed by atoms with Crippen LogP contribution in [0.15, 0.2) is 33.6 Å². The number of aromatic nitrogens is 1. The van der Waals surface area contributed by atoms with Crippen LogP contribution in [0.2, 0.25) is 5.02 Å². The van der Waals surface area contributed by atoms with E-state index in [2.05, 4.69) is 20.3 Å². The summed E-state index contributed by atoms with van der Waals surface area (Å²) in [6.45, 7) is -0.438. The first kappa shape index (κ1) is 20.8. The first-order valence-corrected chi connectivity index (χ1v) is 9.90. The van der Waals surface area contributed by atoms with Crippen molar-refractivity contribution in [1.29, 1.82) is 0 Å². The average molecular weight is 432 g/mol. The number of hydrogen-bond donors (Lipinski definition) is 3. The Morgan fingerprint density at radius 2 is 2.11 bits per heavy atom. The second-order valence-corrected chi connectivity index (χ2v) is 7.82. The molecule has 0 radical (unpaired) electrons. The zero-order valence-corrected chi connectivity index (χ0v) is 16.2. The fraction of sp³-hybridized carbons (Fsp3) is 0.143. The SMILES string of the molecule is CON=C(C(=O)NCC(=O)c1ccc(Cl)c(S(N)(=O)=O)c1)c1csc(N)n1. The normalized spacial score (nSPS) is 11.9. The number of primary sulfonamides is 1. The minimum atomic E-state index is -4.10. The van der Waals surface area contributed by atoms with Crippen molar-refractivity contribution < 1.29 is 22.8 Å². The van der Waals surface area contributed by atoms with E-state index in [4.69, 9.17) is 22.5 Å². The van der Waals surface area contributed by atoms with Gasteiger partial charge in [0, 0.05) is 10.9 Å². The van der Waals surface area contributed by atoms with Crippen molar-refractivity contribution in [2.24, 2.45) is 10.3 Å². The Balaban J connectivity index is 2.15. The van der Waals surface area contributed by atoms with Crippen molar-refractivity contribution in [1.82, 2.24) is 10.3 Å². The summed E-state index contributed by atoms with van der Waals surface area (Å²) in [6, 6.07) is 3.58. The van der Waals surface area contributed by atoms with Gasteiger partial charge in [-0.3, -0.25) is 9.59 Å². The number of nitrogens with zero attached hydrogens (tertiary/aromatic N) is 2. The Morgan fingerprint density at radius 3 is 2.67 bits per heavy atom. The van der Waals surface area contributed by atoms with E-state index < -0.39 is 28.3 Å². The lowest BCUT2D eigenvalue weighted by atomic mass is 10.1. The lowest BCUT2D eigenvalue weighted by Crippen LogP contribution is -2.36. The van der Waals surface area contributed by atoms with Crippen LogP contribution in [0.3, 0.4) is 0 Å². The molecule has 0 aliphatic heterocycles. The minimum Gasteiger partial charge on any atom is -0.398 e. The third-order valence-electron chi connectivity index (χ3n) is 3.13. The maximum Gasteiger partial charge on any atom is 0.276 e. The number of thiazole rings is 1. The van der Waals surface area contributed by atoms with Gasteiger partial charge in [-0.25, -0.2) is 18.5 Å². The monoisotopic (exact) mass is 431 g/mol. The Bertz CT molecular complexity index is 1020. The van der Waals surface area contributed by atoms with E-state index in [9.17, 15) is 18.0 Å². The number of rotatable bonds is 7. The van der Waals surface area contributed by atoms with Crippen LogP contribution in [-0.2, 0) is 19.7 Å². The Labute approximate surface area is 163 Å². The maximum absolute atomic E-state index is 12.3. The van der Waals surface area contributed by atoms with Gasteiger partial charge in [0.1, 0.15) is 17.7 Å². The van der Waals surface area contributed by atoms with Gasteiger partial charge in [0.15, 0.2) is 16.6 Å². The van der Waals surface area contributed by atoms with Crippen LogP contribution < -0.4 is 16.2 Å².